The van der Waals surface area contributed by atoms with Gasteiger partial charge in [-0.25, -0.2) is 4.79 Å². The molecule has 0 aromatic carbocycles. The lowest BCUT2D eigenvalue weighted by atomic mass is 10.2. The number of likely N-dealkylation sites (tertiary alicyclic amines) is 1. The summed E-state index contributed by atoms with van der Waals surface area (Å²) < 4.78 is 0. The molecule has 12 heavy (non-hydrogen) atoms. The highest BCUT2D eigenvalue weighted by atomic mass is 16.2. The Morgan fingerprint density at radius 2 is 2.33 bits per heavy atom. The van der Waals surface area contributed by atoms with Crippen LogP contribution in [0.3, 0.4) is 0 Å². The van der Waals surface area contributed by atoms with Crippen LogP contribution in [0.25, 0.3) is 0 Å². The summed E-state index contributed by atoms with van der Waals surface area (Å²) in [6.07, 6.45) is 7.26. The van der Waals surface area contributed by atoms with E-state index in [4.69, 9.17) is 6.42 Å². The fourth-order valence-electron chi connectivity index (χ4n) is 1.43. The fourth-order valence-corrected chi connectivity index (χ4v) is 1.43. The molecule has 1 saturated heterocycles. The Kier molecular flexibility index (Phi) is 2.59. The molecule has 0 saturated carbocycles. The molecule has 3 nitrogen and oxygen atoms in total. The van der Waals surface area contributed by atoms with Gasteiger partial charge in [-0.1, -0.05) is 5.92 Å². The maximum Gasteiger partial charge on any atom is 0.320 e. The van der Waals surface area contributed by atoms with Crippen LogP contribution >= 0.6 is 0 Å². The maximum atomic E-state index is 11.5. The van der Waals surface area contributed by atoms with Gasteiger partial charge in [-0.2, -0.15) is 0 Å². The number of rotatable bonds is 0. The van der Waals surface area contributed by atoms with Crippen LogP contribution in [0, 0.1) is 12.3 Å². The average Bonchev–Trinajstić information content (AvgIpc) is 2.49. The molecule has 1 atom stereocenters. The van der Waals surface area contributed by atoms with E-state index in [0.29, 0.717) is 0 Å². The zero-order valence-corrected chi connectivity index (χ0v) is 7.58. The van der Waals surface area contributed by atoms with E-state index >= 15 is 0 Å². The number of nitrogens with zero attached hydrogens (tertiary/aromatic N) is 2. The second kappa shape index (κ2) is 3.48. The number of terminal acetylenes is 1. The van der Waals surface area contributed by atoms with E-state index in [2.05, 4.69) is 5.92 Å². The topological polar surface area (TPSA) is 23.6 Å². The first-order chi connectivity index (χ1) is 5.66. The Bertz CT molecular complexity index is 217. The predicted octanol–water partition coefficient (Wildman–Crippen LogP) is 0.766. The molecule has 1 unspecified atom stereocenters. The standard InChI is InChI=1S/C9H14N2O/c1-4-8-6-5-7-11(8)9(12)10(2)3/h1,8H,5-7H2,2-3H3. The predicted molar refractivity (Wildman–Crippen MR) is 47.6 cm³/mol. The van der Waals surface area contributed by atoms with Crippen LogP contribution in [0.4, 0.5) is 4.79 Å². The number of urea groups is 1. The molecule has 66 valence electrons. The van der Waals surface area contributed by atoms with Crippen molar-refractivity contribution < 1.29 is 4.79 Å². The van der Waals surface area contributed by atoms with Crippen LogP contribution in [-0.4, -0.2) is 42.5 Å². The monoisotopic (exact) mass is 166 g/mol. The summed E-state index contributed by atoms with van der Waals surface area (Å²) in [7, 11) is 3.49. The molecular weight excluding hydrogens is 152 g/mol. The molecule has 0 spiro atoms. The first-order valence-corrected chi connectivity index (χ1v) is 4.11. The normalized spacial score (nSPS) is 22.1. The van der Waals surface area contributed by atoms with Crippen LogP contribution in [0.2, 0.25) is 0 Å². The van der Waals surface area contributed by atoms with Crippen LogP contribution in [0.5, 0.6) is 0 Å². The van der Waals surface area contributed by atoms with Gasteiger partial charge in [0, 0.05) is 20.6 Å². The minimum absolute atomic E-state index is 0.0138. The van der Waals surface area contributed by atoms with E-state index in [0.717, 1.165) is 19.4 Å². The molecule has 1 fully saturated rings. The van der Waals surface area contributed by atoms with Crippen LogP contribution < -0.4 is 0 Å². The van der Waals surface area contributed by atoms with Gasteiger partial charge in [0.05, 0.1) is 6.04 Å². The molecule has 1 aliphatic rings. The van der Waals surface area contributed by atoms with Crippen molar-refractivity contribution in [3.8, 4) is 12.3 Å². The van der Waals surface area contributed by atoms with Crippen molar-refractivity contribution in [3.05, 3.63) is 0 Å². The fraction of sp³-hybridized carbons (Fsp3) is 0.667. The maximum absolute atomic E-state index is 11.5. The molecule has 1 aliphatic heterocycles. The SMILES string of the molecule is C#CC1CCCN1C(=O)N(C)C. The van der Waals surface area contributed by atoms with Gasteiger partial charge in [0.25, 0.3) is 0 Å². The highest BCUT2D eigenvalue weighted by molar-refractivity contribution is 5.74. The molecule has 1 rings (SSSR count). The molecule has 3 heteroatoms. The third-order valence-electron chi connectivity index (χ3n) is 2.07. The number of hydrogen-bond acceptors (Lipinski definition) is 1. The lowest BCUT2D eigenvalue weighted by Crippen LogP contribution is -2.41. The Balaban J connectivity index is 2.63. The highest BCUT2D eigenvalue weighted by Gasteiger charge is 2.27. The second-order valence-corrected chi connectivity index (χ2v) is 3.20. The van der Waals surface area contributed by atoms with E-state index in [9.17, 15) is 4.79 Å². The minimum atomic E-state index is 0.0138. The summed E-state index contributed by atoms with van der Waals surface area (Å²) in [6, 6.07) is 0.0374. The summed E-state index contributed by atoms with van der Waals surface area (Å²) in [4.78, 5) is 14.8. The van der Waals surface area contributed by atoms with Gasteiger partial charge in [-0.3, -0.25) is 0 Å². The minimum Gasteiger partial charge on any atom is -0.331 e. The molecule has 0 bridgehead atoms. The number of hydrogen-bond donors (Lipinski definition) is 0. The first kappa shape index (κ1) is 8.92. The number of carbonyl (C=O) groups is 1. The van der Waals surface area contributed by atoms with Gasteiger partial charge in [0.1, 0.15) is 0 Å². The molecule has 1 heterocycles. The molecule has 0 aromatic rings. The Morgan fingerprint density at radius 3 is 2.83 bits per heavy atom. The second-order valence-electron chi connectivity index (χ2n) is 3.20. The Morgan fingerprint density at radius 1 is 1.67 bits per heavy atom. The lowest BCUT2D eigenvalue weighted by molar-refractivity contribution is 0.174. The quantitative estimate of drug-likeness (QED) is 0.487. The van der Waals surface area contributed by atoms with E-state index in [-0.39, 0.29) is 12.1 Å². The summed E-state index contributed by atoms with van der Waals surface area (Å²) in [5, 5.41) is 0. The van der Waals surface area contributed by atoms with Crippen LogP contribution in [-0.2, 0) is 0 Å². The summed E-state index contributed by atoms with van der Waals surface area (Å²) >= 11 is 0. The van der Waals surface area contributed by atoms with Crippen molar-refractivity contribution in [2.24, 2.45) is 0 Å². The van der Waals surface area contributed by atoms with Crippen LogP contribution in [0.15, 0.2) is 0 Å². The summed E-state index contributed by atoms with van der Waals surface area (Å²) in [5.41, 5.74) is 0. The van der Waals surface area contributed by atoms with Crippen molar-refractivity contribution in [3.63, 3.8) is 0 Å². The number of amides is 2. The van der Waals surface area contributed by atoms with Crippen molar-refractivity contribution >= 4 is 6.03 Å². The first-order valence-electron chi connectivity index (χ1n) is 4.11. The van der Waals surface area contributed by atoms with E-state index < -0.39 is 0 Å². The van der Waals surface area contributed by atoms with Crippen molar-refractivity contribution in [1.82, 2.24) is 9.80 Å². The van der Waals surface area contributed by atoms with E-state index in [1.165, 1.54) is 0 Å². The smallest absolute Gasteiger partial charge is 0.320 e. The number of carbonyl (C=O) groups excluding carboxylic acids is 1. The van der Waals surface area contributed by atoms with Gasteiger partial charge in [0.2, 0.25) is 0 Å². The largest absolute Gasteiger partial charge is 0.331 e. The molecule has 0 N–H and O–H groups in total. The van der Waals surface area contributed by atoms with Gasteiger partial charge in [-0.05, 0) is 12.8 Å². The Hall–Kier alpha value is -1.17. The van der Waals surface area contributed by atoms with E-state index in [1.54, 1.807) is 23.9 Å². The van der Waals surface area contributed by atoms with E-state index in [1.807, 2.05) is 0 Å². The molecule has 0 aromatic heterocycles. The molecule has 0 radical (unpaired) electrons. The van der Waals surface area contributed by atoms with Crippen molar-refractivity contribution in [1.29, 1.82) is 0 Å². The molecular formula is C9H14N2O. The third-order valence-corrected chi connectivity index (χ3v) is 2.07. The molecule has 2 amide bonds. The van der Waals surface area contributed by atoms with Crippen LogP contribution in [0.1, 0.15) is 12.8 Å². The Labute approximate surface area is 73.3 Å². The average molecular weight is 166 g/mol. The van der Waals surface area contributed by atoms with Gasteiger partial charge in [-0.15, -0.1) is 6.42 Å². The zero-order chi connectivity index (χ0) is 9.14. The lowest BCUT2D eigenvalue weighted by Gasteiger charge is -2.24. The van der Waals surface area contributed by atoms with Gasteiger partial charge < -0.3 is 9.80 Å². The highest BCUT2D eigenvalue weighted by Crippen LogP contribution is 2.17. The van der Waals surface area contributed by atoms with Crippen molar-refractivity contribution in [2.45, 2.75) is 18.9 Å². The molecule has 0 aliphatic carbocycles. The third kappa shape index (κ3) is 1.53. The van der Waals surface area contributed by atoms with Gasteiger partial charge >= 0.3 is 6.03 Å². The zero-order valence-electron chi connectivity index (χ0n) is 7.58. The van der Waals surface area contributed by atoms with Gasteiger partial charge in [0.15, 0.2) is 0 Å². The summed E-state index contributed by atoms with van der Waals surface area (Å²) in [6.45, 7) is 0.797. The van der Waals surface area contributed by atoms with Crippen molar-refractivity contribution in [2.75, 3.05) is 20.6 Å². The summed E-state index contributed by atoms with van der Waals surface area (Å²) in [5.74, 6) is 2.63.